The lowest BCUT2D eigenvalue weighted by molar-refractivity contribution is -0.913. The smallest absolute Gasteiger partial charge is 0.0857 e. The van der Waals surface area contributed by atoms with Gasteiger partial charge in [-0.2, -0.15) is 0 Å². The van der Waals surface area contributed by atoms with E-state index in [1.165, 1.54) is 202 Å². The minimum atomic E-state index is 0.810. The van der Waals surface area contributed by atoms with Crippen molar-refractivity contribution in [3.05, 3.63) is 0 Å². The maximum atomic E-state index is 2.50. The van der Waals surface area contributed by atoms with Crippen LogP contribution in [0, 0.1) is 0 Å². The molecule has 0 spiro atoms. The molecule has 0 saturated heterocycles. The first-order valence-corrected chi connectivity index (χ1v) is 19.8. The Morgan fingerprint density at radius 2 is 0.524 bits per heavy atom. The van der Waals surface area contributed by atoms with E-state index in [4.69, 9.17) is 0 Å². The Kier molecular flexibility index (Phi) is 28.3. The van der Waals surface area contributed by atoms with Gasteiger partial charge in [0.05, 0.1) is 53.4 Å². The zero-order chi connectivity index (χ0) is 31.4. The molecule has 0 N–H and O–H groups in total. The fraction of sp³-hybridized carbons (Fsp3) is 1.00. The molecule has 0 heterocycles. The van der Waals surface area contributed by atoms with Gasteiger partial charge in [-0.15, -0.1) is 0 Å². The fourth-order valence-corrected chi connectivity index (χ4v) is 6.74. The van der Waals surface area contributed by atoms with Crippen molar-refractivity contribution in [1.29, 1.82) is 0 Å². The summed E-state index contributed by atoms with van der Waals surface area (Å²) in [6.45, 7) is 12.4. The minimum absolute atomic E-state index is 0.810. The number of hydrogen-bond acceptors (Lipinski definition) is 0. The van der Waals surface area contributed by atoms with E-state index < -0.39 is 0 Å². The molecular formula is C40H86N2+2. The minimum Gasteiger partial charge on any atom is -0.326 e. The highest BCUT2D eigenvalue weighted by Crippen LogP contribution is 2.20. The van der Waals surface area contributed by atoms with Crippen LogP contribution in [0.1, 0.15) is 207 Å². The van der Waals surface area contributed by atoms with Gasteiger partial charge < -0.3 is 8.97 Å². The Balaban J connectivity index is 3.66. The quantitative estimate of drug-likeness (QED) is 0.0523. The van der Waals surface area contributed by atoms with Gasteiger partial charge in [-0.25, -0.2) is 0 Å². The SMILES string of the molecule is CCCCCCCCCCCC(C)[N+](C)(C)CCCCCCCCCC[N+](C)(C)C(C)CCCCCCCCCCC. The molecule has 0 aromatic rings. The van der Waals surface area contributed by atoms with E-state index in [2.05, 4.69) is 55.9 Å². The first-order chi connectivity index (χ1) is 20.2. The zero-order valence-electron chi connectivity index (χ0n) is 31.3. The van der Waals surface area contributed by atoms with Gasteiger partial charge in [0, 0.05) is 0 Å². The van der Waals surface area contributed by atoms with E-state index in [9.17, 15) is 0 Å². The number of nitrogens with zero attached hydrogens (tertiary/aromatic N) is 2. The number of unbranched alkanes of at least 4 members (excludes halogenated alkanes) is 23. The van der Waals surface area contributed by atoms with Gasteiger partial charge in [0.25, 0.3) is 0 Å². The van der Waals surface area contributed by atoms with Crippen molar-refractivity contribution >= 4 is 0 Å². The van der Waals surface area contributed by atoms with Crippen molar-refractivity contribution in [3.63, 3.8) is 0 Å². The third-order valence-electron chi connectivity index (χ3n) is 11.1. The van der Waals surface area contributed by atoms with Gasteiger partial charge in [0.15, 0.2) is 0 Å². The highest BCUT2D eigenvalue weighted by atomic mass is 15.3. The van der Waals surface area contributed by atoms with Crippen molar-refractivity contribution in [1.82, 2.24) is 0 Å². The Morgan fingerprint density at radius 1 is 0.310 bits per heavy atom. The van der Waals surface area contributed by atoms with E-state index in [1.807, 2.05) is 0 Å². The van der Waals surface area contributed by atoms with Crippen LogP contribution in [0.5, 0.6) is 0 Å². The first-order valence-electron chi connectivity index (χ1n) is 19.8. The molecule has 2 atom stereocenters. The van der Waals surface area contributed by atoms with Crippen LogP contribution >= 0.6 is 0 Å². The molecule has 0 fully saturated rings. The van der Waals surface area contributed by atoms with Crippen molar-refractivity contribution in [2.24, 2.45) is 0 Å². The molecule has 2 nitrogen and oxygen atoms in total. The summed E-state index contributed by atoms with van der Waals surface area (Å²) in [6, 6.07) is 1.62. The normalized spacial score (nSPS) is 14.0. The van der Waals surface area contributed by atoms with Crippen LogP contribution < -0.4 is 0 Å². The molecule has 0 bridgehead atoms. The summed E-state index contributed by atoms with van der Waals surface area (Å²) in [5.74, 6) is 0. The van der Waals surface area contributed by atoms with Crippen LogP contribution in [0.3, 0.4) is 0 Å². The average molecular weight is 595 g/mol. The lowest BCUT2D eigenvalue weighted by Gasteiger charge is -2.36. The maximum Gasteiger partial charge on any atom is 0.0857 e. The lowest BCUT2D eigenvalue weighted by atomic mass is 10.0. The number of rotatable bonds is 33. The van der Waals surface area contributed by atoms with Crippen LogP contribution in [-0.4, -0.2) is 62.3 Å². The van der Waals surface area contributed by atoms with Crippen molar-refractivity contribution in [2.45, 2.75) is 220 Å². The van der Waals surface area contributed by atoms with Gasteiger partial charge >= 0.3 is 0 Å². The Morgan fingerprint density at radius 3 is 0.786 bits per heavy atom. The number of quaternary nitrogens is 2. The summed E-state index contributed by atoms with van der Waals surface area (Å²) in [7, 11) is 9.93. The summed E-state index contributed by atoms with van der Waals surface area (Å²) < 4.78 is 2.45. The molecular weight excluding hydrogens is 508 g/mol. The molecule has 2 heteroatoms. The predicted octanol–water partition coefficient (Wildman–Crippen LogP) is 12.9. The zero-order valence-corrected chi connectivity index (χ0v) is 31.3. The third kappa shape index (κ3) is 25.3. The molecule has 0 aromatic carbocycles. The molecule has 0 aliphatic rings. The summed E-state index contributed by atoms with van der Waals surface area (Å²) in [6.07, 6.45) is 40.3. The maximum absolute atomic E-state index is 2.50. The van der Waals surface area contributed by atoms with E-state index in [0.29, 0.717) is 0 Å². The summed E-state index contributed by atoms with van der Waals surface area (Å²) >= 11 is 0. The predicted molar refractivity (Wildman–Crippen MR) is 193 cm³/mol. The highest BCUT2D eigenvalue weighted by molar-refractivity contribution is 4.57. The highest BCUT2D eigenvalue weighted by Gasteiger charge is 2.23. The second-order valence-corrected chi connectivity index (χ2v) is 15.8. The molecule has 2 unspecified atom stereocenters. The van der Waals surface area contributed by atoms with Gasteiger partial charge in [0.2, 0.25) is 0 Å². The standard InChI is InChI=1S/C40H86N2/c1-9-11-13-15-17-19-23-27-31-35-39(3)41(5,6)37-33-29-25-21-22-26-30-34-38-42(7,8)40(4)36-32-28-24-20-18-16-14-12-10-2/h39-40H,9-38H2,1-8H3/q+2. The first kappa shape index (κ1) is 41.9. The van der Waals surface area contributed by atoms with Crippen LogP contribution in [0.25, 0.3) is 0 Å². The van der Waals surface area contributed by atoms with Gasteiger partial charge in [-0.05, 0) is 65.2 Å². The topological polar surface area (TPSA) is 0 Å². The van der Waals surface area contributed by atoms with Crippen molar-refractivity contribution in [3.8, 4) is 0 Å². The Bertz CT molecular complexity index is 492. The molecule has 0 aliphatic heterocycles. The monoisotopic (exact) mass is 595 g/mol. The Labute approximate surface area is 269 Å². The second-order valence-electron chi connectivity index (χ2n) is 15.8. The molecule has 42 heavy (non-hydrogen) atoms. The summed E-state index contributed by atoms with van der Waals surface area (Å²) in [4.78, 5) is 0. The van der Waals surface area contributed by atoms with Crippen molar-refractivity contribution in [2.75, 3.05) is 41.3 Å². The van der Waals surface area contributed by atoms with Crippen molar-refractivity contribution < 1.29 is 8.97 Å². The third-order valence-corrected chi connectivity index (χ3v) is 11.1. The molecule has 0 saturated carbocycles. The second kappa shape index (κ2) is 28.4. The Hall–Kier alpha value is -0.0800. The van der Waals surface area contributed by atoms with Gasteiger partial charge in [-0.3, -0.25) is 0 Å². The van der Waals surface area contributed by atoms with Crippen LogP contribution in [0.15, 0.2) is 0 Å². The molecule has 0 rings (SSSR count). The van der Waals surface area contributed by atoms with Gasteiger partial charge in [-0.1, -0.05) is 142 Å². The van der Waals surface area contributed by atoms with Gasteiger partial charge in [0.1, 0.15) is 0 Å². The lowest BCUT2D eigenvalue weighted by Crippen LogP contribution is -2.47. The average Bonchev–Trinajstić information content (AvgIpc) is 2.96. The molecule has 0 aliphatic carbocycles. The summed E-state index contributed by atoms with van der Waals surface area (Å²) in [5.41, 5.74) is 0. The molecule has 0 radical (unpaired) electrons. The number of hydrogen-bond donors (Lipinski definition) is 0. The van der Waals surface area contributed by atoms with Crippen LogP contribution in [0.4, 0.5) is 0 Å². The van der Waals surface area contributed by atoms with E-state index in [-0.39, 0.29) is 0 Å². The largest absolute Gasteiger partial charge is 0.326 e. The van der Waals surface area contributed by atoms with E-state index >= 15 is 0 Å². The van der Waals surface area contributed by atoms with Crippen LogP contribution in [-0.2, 0) is 0 Å². The molecule has 0 amide bonds. The molecule has 0 aromatic heterocycles. The molecule has 254 valence electrons. The van der Waals surface area contributed by atoms with E-state index in [0.717, 1.165) is 12.1 Å². The fourth-order valence-electron chi connectivity index (χ4n) is 6.74. The van der Waals surface area contributed by atoms with Crippen LogP contribution in [0.2, 0.25) is 0 Å². The van der Waals surface area contributed by atoms with E-state index in [1.54, 1.807) is 0 Å². The summed E-state index contributed by atoms with van der Waals surface area (Å²) in [5, 5.41) is 0.